The lowest BCUT2D eigenvalue weighted by Gasteiger charge is -2.39. The van der Waals surface area contributed by atoms with Gasteiger partial charge in [-0.25, -0.2) is 0 Å². The Bertz CT molecular complexity index is 423. The Morgan fingerprint density at radius 1 is 1.09 bits per heavy atom. The second-order valence-electron chi connectivity index (χ2n) is 6.50. The average molecular weight is 340 g/mol. The summed E-state index contributed by atoms with van der Waals surface area (Å²) in [5.41, 5.74) is -3.67. The molecule has 7 heteroatoms. The minimum Gasteiger partial charge on any atom is -0.302 e. The summed E-state index contributed by atoms with van der Waals surface area (Å²) in [5, 5.41) is 0. The maximum absolute atomic E-state index is 15.0. The molecule has 0 unspecified atom stereocenters. The molecule has 1 rings (SSSR count). The van der Waals surface area contributed by atoms with E-state index >= 15 is 8.78 Å². The number of hydrogen-bond acceptors (Lipinski definition) is 4. The quantitative estimate of drug-likeness (QED) is 0.611. The summed E-state index contributed by atoms with van der Waals surface area (Å²) < 4.78 is 53.0. The van der Waals surface area contributed by atoms with E-state index in [4.69, 9.17) is 9.05 Å². The Labute approximate surface area is 131 Å². The van der Waals surface area contributed by atoms with Crippen molar-refractivity contribution in [2.75, 3.05) is 0 Å². The van der Waals surface area contributed by atoms with Crippen LogP contribution in [0.5, 0.6) is 0 Å². The number of Topliss-reactive ketones (excluding diaryl/α,β-unsaturated/α-hetero) is 1. The summed E-state index contributed by atoms with van der Waals surface area (Å²) in [6.45, 7) is 7.47. The molecule has 4 nitrogen and oxygen atoms in total. The summed E-state index contributed by atoms with van der Waals surface area (Å²) in [6.07, 6.45) is 0.567. The van der Waals surface area contributed by atoms with Gasteiger partial charge >= 0.3 is 13.3 Å². The van der Waals surface area contributed by atoms with Gasteiger partial charge in [0.2, 0.25) is 0 Å². The summed E-state index contributed by atoms with van der Waals surface area (Å²) in [4.78, 5) is 11.7. The molecule has 1 aliphatic carbocycles. The third kappa shape index (κ3) is 4.36. The molecule has 0 aliphatic heterocycles. The number of rotatable bonds is 7. The standard InChI is InChI=1S/C15H27F2O4P/c1-10(2)20-22(19,21-11(3)4)15(16,17)14-9-7-6-8-13(14)12(5)18/h10-11,13-14H,6-9H2,1-5H3/t13-,14-/m1/s1. The first-order chi connectivity index (χ1) is 10.0. The summed E-state index contributed by atoms with van der Waals surface area (Å²) in [7, 11) is -4.67. The lowest BCUT2D eigenvalue weighted by atomic mass is 9.77. The van der Waals surface area contributed by atoms with Gasteiger partial charge in [-0.3, -0.25) is 9.36 Å². The molecule has 130 valence electrons. The first-order valence-corrected chi connectivity index (χ1v) is 9.40. The molecule has 0 aromatic rings. The van der Waals surface area contributed by atoms with Crippen molar-refractivity contribution in [2.24, 2.45) is 11.8 Å². The van der Waals surface area contributed by atoms with Crippen molar-refractivity contribution in [3.05, 3.63) is 0 Å². The second kappa shape index (κ2) is 7.50. The van der Waals surface area contributed by atoms with Crippen molar-refractivity contribution in [1.29, 1.82) is 0 Å². The van der Waals surface area contributed by atoms with E-state index in [1.165, 1.54) is 34.6 Å². The molecule has 1 fully saturated rings. The highest BCUT2D eigenvalue weighted by molar-refractivity contribution is 7.55. The normalized spacial score (nSPS) is 24.0. The van der Waals surface area contributed by atoms with E-state index in [-0.39, 0.29) is 12.2 Å². The fraction of sp³-hybridized carbons (Fsp3) is 0.933. The van der Waals surface area contributed by atoms with Crippen LogP contribution in [0.2, 0.25) is 0 Å². The van der Waals surface area contributed by atoms with Crippen molar-refractivity contribution in [3.63, 3.8) is 0 Å². The van der Waals surface area contributed by atoms with Gasteiger partial charge in [0, 0.05) is 11.8 Å². The van der Waals surface area contributed by atoms with Gasteiger partial charge in [0.1, 0.15) is 5.78 Å². The molecule has 0 N–H and O–H groups in total. The molecule has 22 heavy (non-hydrogen) atoms. The van der Waals surface area contributed by atoms with Crippen LogP contribution in [-0.2, 0) is 18.4 Å². The third-order valence-corrected chi connectivity index (χ3v) is 6.26. The summed E-state index contributed by atoms with van der Waals surface area (Å²) >= 11 is 0. The van der Waals surface area contributed by atoms with E-state index in [0.717, 1.165) is 6.42 Å². The topological polar surface area (TPSA) is 52.6 Å². The Morgan fingerprint density at radius 3 is 1.95 bits per heavy atom. The van der Waals surface area contributed by atoms with Gasteiger partial charge in [-0.15, -0.1) is 0 Å². The number of carbonyl (C=O) groups is 1. The Kier molecular flexibility index (Phi) is 6.72. The van der Waals surface area contributed by atoms with Crippen molar-refractivity contribution in [3.8, 4) is 0 Å². The fourth-order valence-corrected chi connectivity index (χ4v) is 5.11. The van der Waals surface area contributed by atoms with Crippen molar-refractivity contribution in [1.82, 2.24) is 0 Å². The number of ketones is 1. The maximum atomic E-state index is 15.0. The Hall–Kier alpha value is -0.320. The fourth-order valence-electron chi connectivity index (χ4n) is 2.96. The molecule has 2 atom stereocenters. The monoisotopic (exact) mass is 340 g/mol. The minimum atomic E-state index is -4.67. The molecule has 0 heterocycles. The maximum Gasteiger partial charge on any atom is 0.400 e. The SMILES string of the molecule is CC(=O)[C@H]1CCCC[C@H]1C(F)(F)P(=O)(OC(C)C)OC(C)C. The summed E-state index contributed by atoms with van der Waals surface area (Å²) in [6, 6.07) is 0. The van der Waals surface area contributed by atoms with Gasteiger partial charge in [-0.2, -0.15) is 8.78 Å². The van der Waals surface area contributed by atoms with Crippen LogP contribution in [0.15, 0.2) is 0 Å². The first kappa shape index (κ1) is 19.7. The second-order valence-corrected chi connectivity index (χ2v) is 8.51. The number of hydrogen-bond donors (Lipinski definition) is 0. The van der Waals surface area contributed by atoms with Crippen LogP contribution < -0.4 is 0 Å². The minimum absolute atomic E-state index is 0.157. The molecule has 0 aromatic carbocycles. The molecule has 1 saturated carbocycles. The average Bonchev–Trinajstić information content (AvgIpc) is 2.36. The van der Waals surface area contributed by atoms with E-state index in [1.54, 1.807) is 0 Å². The van der Waals surface area contributed by atoms with E-state index in [2.05, 4.69) is 0 Å². The molecule has 0 radical (unpaired) electrons. The van der Waals surface area contributed by atoms with Crippen LogP contribution in [0.4, 0.5) is 8.78 Å². The largest absolute Gasteiger partial charge is 0.400 e. The number of halogens is 2. The van der Waals surface area contributed by atoms with Crippen LogP contribution in [0.1, 0.15) is 60.3 Å². The van der Waals surface area contributed by atoms with Gasteiger partial charge in [0.15, 0.2) is 0 Å². The predicted octanol–water partition coefficient (Wildman–Crippen LogP) is 5.02. The molecular formula is C15H27F2O4P. The highest BCUT2D eigenvalue weighted by atomic mass is 31.2. The van der Waals surface area contributed by atoms with Gasteiger partial charge in [-0.05, 0) is 47.5 Å². The van der Waals surface area contributed by atoms with Crippen LogP contribution in [0.25, 0.3) is 0 Å². The third-order valence-electron chi connectivity index (χ3n) is 3.80. The van der Waals surface area contributed by atoms with Crippen molar-refractivity contribution >= 4 is 13.4 Å². The number of carbonyl (C=O) groups excluding carboxylic acids is 1. The molecular weight excluding hydrogens is 313 g/mol. The zero-order valence-corrected chi connectivity index (χ0v) is 14.9. The van der Waals surface area contributed by atoms with Gasteiger partial charge < -0.3 is 9.05 Å². The van der Waals surface area contributed by atoms with Gasteiger partial charge in [0.25, 0.3) is 0 Å². The van der Waals surface area contributed by atoms with Crippen molar-refractivity contribution < 1.29 is 27.2 Å². The first-order valence-electron chi connectivity index (χ1n) is 7.86. The lowest BCUT2D eigenvalue weighted by molar-refractivity contribution is -0.129. The zero-order valence-electron chi connectivity index (χ0n) is 14.0. The molecule has 0 amide bonds. The van der Waals surface area contributed by atoms with E-state index < -0.39 is 37.3 Å². The highest BCUT2D eigenvalue weighted by Crippen LogP contribution is 2.68. The van der Waals surface area contributed by atoms with Crippen molar-refractivity contribution in [2.45, 2.75) is 78.2 Å². The molecule has 0 spiro atoms. The summed E-state index contributed by atoms with van der Waals surface area (Å²) in [5.74, 6) is -2.37. The molecule has 0 saturated heterocycles. The van der Waals surface area contributed by atoms with E-state index in [9.17, 15) is 9.36 Å². The zero-order chi connectivity index (χ0) is 17.1. The van der Waals surface area contributed by atoms with E-state index in [0.29, 0.717) is 12.8 Å². The number of alkyl halides is 2. The van der Waals surface area contributed by atoms with Gasteiger partial charge in [-0.1, -0.05) is 12.8 Å². The smallest absolute Gasteiger partial charge is 0.302 e. The van der Waals surface area contributed by atoms with Gasteiger partial charge in [0.05, 0.1) is 12.2 Å². The van der Waals surface area contributed by atoms with Crippen LogP contribution in [-0.4, -0.2) is 23.7 Å². The predicted molar refractivity (Wildman–Crippen MR) is 81.1 cm³/mol. The highest BCUT2D eigenvalue weighted by Gasteiger charge is 2.62. The Morgan fingerprint density at radius 2 is 1.55 bits per heavy atom. The molecule has 0 aromatic heterocycles. The van der Waals surface area contributed by atoms with Crippen LogP contribution in [0.3, 0.4) is 0 Å². The van der Waals surface area contributed by atoms with Crippen LogP contribution in [0, 0.1) is 11.8 Å². The lowest BCUT2D eigenvalue weighted by Crippen LogP contribution is -2.40. The van der Waals surface area contributed by atoms with E-state index in [1.807, 2.05) is 0 Å². The molecule has 0 bridgehead atoms. The van der Waals surface area contributed by atoms with Crippen LogP contribution >= 0.6 is 7.60 Å². The Balaban J connectivity index is 3.18. The molecule has 1 aliphatic rings.